The number of nitrogens with zero attached hydrogens (tertiary/aromatic N) is 4. The third-order valence-corrected chi connectivity index (χ3v) is 5.79. The second kappa shape index (κ2) is 8.63. The van der Waals surface area contributed by atoms with Gasteiger partial charge in [-0.05, 0) is 24.3 Å². The van der Waals surface area contributed by atoms with Gasteiger partial charge in [-0.1, -0.05) is 37.5 Å². The molecular weight excluding hydrogens is 384 g/mol. The van der Waals surface area contributed by atoms with Gasteiger partial charge in [0.15, 0.2) is 0 Å². The summed E-state index contributed by atoms with van der Waals surface area (Å²) in [5.41, 5.74) is 0.876. The minimum absolute atomic E-state index is 0.108. The molecular formula is C19H25ClN4O2S. The van der Waals surface area contributed by atoms with E-state index in [1.165, 1.54) is 0 Å². The molecule has 0 saturated carbocycles. The molecule has 1 saturated heterocycles. The Morgan fingerprint density at radius 1 is 1.19 bits per heavy atom. The summed E-state index contributed by atoms with van der Waals surface area (Å²) >= 11 is 7.60. The number of amides is 1. The fourth-order valence-corrected chi connectivity index (χ4v) is 3.62. The van der Waals surface area contributed by atoms with Crippen molar-refractivity contribution in [1.29, 1.82) is 0 Å². The summed E-state index contributed by atoms with van der Waals surface area (Å²) in [6.07, 6.45) is 0. The van der Waals surface area contributed by atoms with Gasteiger partial charge in [0.2, 0.25) is 17.6 Å². The van der Waals surface area contributed by atoms with Crippen LogP contribution in [0.2, 0.25) is 5.02 Å². The molecule has 3 rings (SSSR count). The number of benzene rings is 1. The smallest absolute Gasteiger partial charge is 0.241 e. The van der Waals surface area contributed by atoms with Gasteiger partial charge < -0.3 is 9.42 Å². The van der Waals surface area contributed by atoms with E-state index in [2.05, 4.69) is 35.8 Å². The third-order valence-electron chi connectivity index (χ3n) is 4.28. The highest BCUT2D eigenvalue weighted by Crippen LogP contribution is 2.23. The number of thioether (sulfide) groups is 1. The van der Waals surface area contributed by atoms with E-state index in [4.69, 9.17) is 16.1 Å². The Hall–Kier alpha value is -1.57. The van der Waals surface area contributed by atoms with E-state index in [0.717, 1.165) is 31.7 Å². The van der Waals surface area contributed by atoms with Gasteiger partial charge in [-0.2, -0.15) is 4.98 Å². The average Bonchev–Trinajstić information content (AvgIpc) is 3.09. The van der Waals surface area contributed by atoms with Gasteiger partial charge in [0, 0.05) is 41.5 Å². The molecule has 1 aromatic carbocycles. The highest BCUT2D eigenvalue weighted by Gasteiger charge is 2.24. The number of halogens is 1. The van der Waals surface area contributed by atoms with Crippen LogP contribution in [0.15, 0.2) is 28.8 Å². The number of hydrogen-bond acceptors (Lipinski definition) is 6. The van der Waals surface area contributed by atoms with Gasteiger partial charge in [0.05, 0.1) is 12.3 Å². The third kappa shape index (κ3) is 5.96. The summed E-state index contributed by atoms with van der Waals surface area (Å²) in [4.78, 5) is 21.0. The van der Waals surface area contributed by atoms with Crippen LogP contribution in [0.3, 0.4) is 0 Å². The van der Waals surface area contributed by atoms with Crippen LogP contribution in [0.1, 0.15) is 26.7 Å². The number of carbonyl (C=O) groups excluding carboxylic acids is 1. The Labute approximate surface area is 169 Å². The van der Waals surface area contributed by atoms with Crippen LogP contribution < -0.4 is 0 Å². The van der Waals surface area contributed by atoms with Crippen molar-refractivity contribution in [3.05, 3.63) is 35.2 Å². The molecule has 6 nitrogen and oxygen atoms in total. The number of hydrogen-bond donors (Lipinski definition) is 0. The molecule has 1 amide bonds. The largest absolute Gasteiger partial charge is 0.339 e. The fourth-order valence-electron chi connectivity index (χ4n) is 2.75. The summed E-state index contributed by atoms with van der Waals surface area (Å²) in [5.74, 6) is 1.91. The lowest BCUT2D eigenvalue weighted by molar-refractivity contribution is -0.130. The summed E-state index contributed by atoms with van der Waals surface area (Å²) in [6, 6.07) is 7.36. The molecule has 146 valence electrons. The standard InChI is InChI=1S/C19H25ClN4O2S/c1-19(2,3)27-13-17(25)24-10-8-23(9-11-24)12-16-21-18(22-26-16)14-4-6-15(20)7-5-14/h4-7H,8-13H2,1-3H3. The van der Waals surface area contributed by atoms with E-state index < -0.39 is 0 Å². The highest BCUT2D eigenvalue weighted by atomic mass is 35.5. The number of aromatic nitrogens is 2. The SMILES string of the molecule is CC(C)(C)SCC(=O)N1CCN(Cc2nc(-c3ccc(Cl)cc3)no2)CC1. The fraction of sp³-hybridized carbons (Fsp3) is 0.526. The topological polar surface area (TPSA) is 62.5 Å². The molecule has 2 aromatic rings. The van der Waals surface area contributed by atoms with Crippen molar-refractivity contribution in [2.75, 3.05) is 31.9 Å². The molecule has 1 aromatic heterocycles. The van der Waals surface area contributed by atoms with E-state index in [9.17, 15) is 4.79 Å². The number of carbonyl (C=O) groups is 1. The highest BCUT2D eigenvalue weighted by molar-refractivity contribution is 8.01. The molecule has 0 bridgehead atoms. The van der Waals surface area contributed by atoms with Crippen molar-refractivity contribution in [2.45, 2.75) is 32.1 Å². The van der Waals surface area contributed by atoms with E-state index in [1.807, 2.05) is 17.0 Å². The van der Waals surface area contributed by atoms with Gasteiger partial charge in [-0.15, -0.1) is 11.8 Å². The Bertz CT molecular complexity index is 765. The normalized spacial score (nSPS) is 15.9. The predicted molar refractivity (Wildman–Crippen MR) is 109 cm³/mol. The minimum Gasteiger partial charge on any atom is -0.339 e. The van der Waals surface area contributed by atoms with Crippen LogP contribution in [0, 0.1) is 0 Å². The summed E-state index contributed by atoms with van der Waals surface area (Å²) in [5, 5.41) is 4.73. The van der Waals surface area contributed by atoms with Gasteiger partial charge in [0.1, 0.15) is 0 Å². The van der Waals surface area contributed by atoms with Crippen molar-refractivity contribution < 1.29 is 9.32 Å². The lowest BCUT2D eigenvalue weighted by Crippen LogP contribution is -2.49. The van der Waals surface area contributed by atoms with E-state index >= 15 is 0 Å². The molecule has 0 radical (unpaired) electrons. The van der Waals surface area contributed by atoms with Gasteiger partial charge in [-0.3, -0.25) is 9.69 Å². The minimum atomic E-state index is 0.108. The molecule has 27 heavy (non-hydrogen) atoms. The first kappa shape index (κ1) is 20.2. The van der Waals surface area contributed by atoms with Crippen LogP contribution in [-0.2, 0) is 11.3 Å². The lowest BCUT2D eigenvalue weighted by Gasteiger charge is -2.34. The molecule has 1 fully saturated rings. The van der Waals surface area contributed by atoms with Crippen LogP contribution in [0.25, 0.3) is 11.4 Å². The quantitative estimate of drug-likeness (QED) is 0.753. The Kier molecular flexibility index (Phi) is 6.44. The van der Waals surface area contributed by atoms with E-state index in [-0.39, 0.29) is 10.7 Å². The molecule has 0 unspecified atom stereocenters. The Morgan fingerprint density at radius 3 is 2.48 bits per heavy atom. The van der Waals surface area contributed by atoms with Gasteiger partial charge >= 0.3 is 0 Å². The maximum Gasteiger partial charge on any atom is 0.241 e. The molecule has 0 spiro atoms. The zero-order valence-corrected chi connectivity index (χ0v) is 17.5. The zero-order valence-electron chi connectivity index (χ0n) is 15.9. The summed E-state index contributed by atoms with van der Waals surface area (Å²) in [7, 11) is 0. The Morgan fingerprint density at radius 2 is 1.85 bits per heavy atom. The molecule has 1 aliphatic rings. The van der Waals surface area contributed by atoms with Crippen molar-refractivity contribution in [1.82, 2.24) is 19.9 Å². The van der Waals surface area contributed by atoms with Gasteiger partial charge in [-0.25, -0.2) is 0 Å². The number of rotatable bonds is 5. The summed E-state index contributed by atoms with van der Waals surface area (Å²) < 4.78 is 5.49. The lowest BCUT2D eigenvalue weighted by atomic mass is 10.2. The van der Waals surface area contributed by atoms with Crippen molar-refractivity contribution in [2.24, 2.45) is 0 Å². The van der Waals surface area contributed by atoms with Crippen LogP contribution >= 0.6 is 23.4 Å². The second-order valence-electron chi connectivity index (χ2n) is 7.58. The summed E-state index contributed by atoms with van der Waals surface area (Å²) in [6.45, 7) is 10.1. The Balaban J connectivity index is 1.48. The first-order valence-corrected chi connectivity index (χ1v) is 10.4. The number of piperazine rings is 1. The van der Waals surface area contributed by atoms with E-state index in [1.54, 1.807) is 23.9 Å². The molecule has 1 aliphatic heterocycles. The first-order valence-electron chi connectivity index (χ1n) is 9.03. The van der Waals surface area contributed by atoms with Crippen LogP contribution in [0.5, 0.6) is 0 Å². The first-order chi connectivity index (χ1) is 12.8. The molecule has 0 aliphatic carbocycles. The molecule has 0 N–H and O–H groups in total. The van der Waals surface area contributed by atoms with Crippen molar-refractivity contribution >= 4 is 29.3 Å². The maximum atomic E-state index is 12.3. The zero-order chi connectivity index (χ0) is 19.4. The molecule has 2 heterocycles. The maximum absolute atomic E-state index is 12.3. The van der Waals surface area contributed by atoms with E-state index in [0.29, 0.717) is 29.0 Å². The van der Waals surface area contributed by atoms with Crippen molar-refractivity contribution in [3.8, 4) is 11.4 Å². The van der Waals surface area contributed by atoms with Crippen LogP contribution in [0.4, 0.5) is 0 Å². The monoisotopic (exact) mass is 408 g/mol. The average molecular weight is 409 g/mol. The second-order valence-corrected chi connectivity index (χ2v) is 9.82. The molecule has 0 atom stereocenters. The van der Waals surface area contributed by atoms with Crippen LogP contribution in [-0.4, -0.2) is 62.5 Å². The molecule has 8 heteroatoms. The van der Waals surface area contributed by atoms with Crippen molar-refractivity contribution in [3.63, 3.8) is 0 Å². The predicted octanol–water partition coefficient (Wildman–Crippen LogP) is 3.57. The van der Waals surface area contributed by atoms with Gasteiger partial charge in [0.25, 0.3) is 0 Å².